The lowest BCUT2D eigenvalue weighted by atomic mass is 9.80. The largest absolute Gasteiger partial charge is 0.473 e. The van der Waals surface area contributed by atoms with Gasteiger partial charge in [0.1, 0.15) is 5.75 Å². The van der Waals surface area contributed by atoms with E-state index in [4.69, 9.17) is 4.74 Å². The molecule has 1 heterocycles. The Bertz CT molecular complexity index is 1240. The molecule has 0 radical (unpaired) electrons. The topological polar surface area (TPSA) is 54.2 Å². The van der Waals surface area contributed by atoms with Gasteiger partial charge >= 0.3 is 11.8 Å². The van der Waals surface area contributed by atoms with E-state index in [2.05, 4.69) is 10.2 Å². The summed E-state index contributed by atoms with van der Waals surface area (Å²) in [7, 11) is 0. The molecule has 4 nitrogen and oxygen atoms in total. The Kier molecular flexibility index (Phi) is 5.65. The zero-order chi connectivity index (χ0) is 24.5. The average Bonchev–Trinajstić information content (AvgIpc) is 3.71. The predicted octanol–water partition coefficient (Wildman–Crippen LogP) is 6.73. The summed E-state index contributed by atoms with van der Waals surface area (Å²) >= 11 is 0. The van der Waals surface area contributed by atoms with E-state index in [-0.39, 0.29) is 16.9 Å². The molecule has 0 spiro atoms. The molecule has 4 aromatic rings. The second kappa shape index (κ2) is 8.67. The zero-order valence-corrected chi connectivity index (χ0v) is 18.5. The first kappa shape index (κ1) is 22.8. The first-order valence-corrected chi connectivity index (χ1v) is 11.0. The minimum absolute atomic E-state index is 0.161. The van der Waals surface area contributed by atoms with Crippen LogP contribution in [0.4, 0.5) is 13.2 Å². The van der Waals surface area contributed by atoms with Gasteiger partial charge in [-0.25, -0.2) is 0 Å². The van der Waals surface area contributed by atoms with Crippen molar-refractivity contribution in [3.05, 3.63) is 137 Å². The number of aliphatic hydroxyl groups is 1. The summed E-state index contributed by atoms with van der Waals surface area (Å²) in [5, 5.41) is 16.7. The molecule has 0 unspecified atom stereocenters. The van der Waals surface area contributed by atoms with Gasteiger partial charge in [-0.3, -0.25) is 0 Å². The van der Waals surface area contributed by atoms with Crippen LogP contribution >= 0.6 is 0 Å². The fourth-order valence-electron chi connectivity index (χ4n) is 4.32. The Labute approximate surface area is 200 Å². The van der Waals surface area contributed by atoms with E-state index in [0.29, 0.717) is 0 Å². The molecule has 1 N–H and O–H groups in total. The van der Waals surface area contributed by atoms with Crippen molar-refractivity contribution in [3.8, 4) is 5.75 Å². The van der Waals surface area contributed by atoms with Crippen molar-refractivity contribution in [2.24, 2.45) is 10.2 Å². The van der Waals surface area contributed by atoms with Crippen LogP contribution in [0.15, 0.2) is 119 Å². The molecule has 7 heteroatoms. The van der Waals surface area contributed by atoms with Gasteiger partial charge in [0.2, 0.25) is 0 Å². The predicted molar refractivity (Wildman–Crippen MR) is 125 cm³/mol. The van der Waals surface area contributed by atoms with Crippen LogP contribution in [0, 0.1) is 0 Å². The number of ether oxygens (including phenoxy) is 1. The van der Waals surface area contributed by atoms with Gasteiger partial charge in [-0.05, 0) is 12.1 Å². The summed E-state index contributed by atoms with van der Waals surface area (Å²) in [4.78, 5) is 0. The Morgan fingerprint density at radius 3 is 1.51 bits per heavy atom. The van der Waals surface area contributed by atoms with Gasteiger partial charge < -0.3 is 9.84 Å². The fraction of sp³-hybridized carbons (Fsp3) is 0.143. The number of rotatable bonds is 7. The molecule has 1 aliphatic rings. The lowest BCUT2D eigenvalue weighted by Gasteiger charge is -2.37. The van der Waals surface area contributed by atoms with E-state index in [1.54, 1.807) is 0 Å². The molecule has 176 valence electrons. The highest BCUT2D eigenvalue weighted by Gasteiger charge is 2.65. The molecule has 0 bridgehead atoms. The van der Waals surface area contributed by atoms with Gasteiger partial charge in [-0.1, -0.05) is 97.1 Å². The first-order chi connectivity index (χ1) is 16.9. The summed E-state index contributed by atoms with van der Waals surface area (Å²) in [6.07, 6.45) is -4.66. The fourth-order valence-corrected chi connectivity index (χ4v) is 4.32. The summed E-state index contributed by atoms with van der Waals surface area (Å²) in [6.45, 7) is -0.522. The summed E-state index contributed by atoms with van der Waals surface area (Å²) in [5.74, 6) is 0.255. The van der Waals surface area contributed by atoms with Gasteiger partial charge in [0.25, 0.3) is 0 Å². The van der Waals surface area contributed by atoms with E-state index in [0.717, 1.165) is 16.7 Å². The standard InChI is InChI=1S/C28H21F3N2O2/c29-28(30,31)27(32-33-27)24-16-17-25(20(18-24)19-34)35-26(21-10-4-1-5-11-21,22-12-6-2-7-13-22)23-14-8-3-9-15-23/h1-18,34H,19H2. The molecular formula is C28H21F3N2O2. The Morgan fingerprint density at radius 1 is 0.686 bits per heavy atom. The SMILES string of the molecule is OCc1cc(C2(C(F)(F)F)N=N2)ccc1OC(c1ccccc1)(c1ccccc1)c1ccccc1. The van der Waals surface area contributed by atoms with Crippen molar-refractivity contribution in [3.63, 3.8) is 0 Å². The number of hydrogen-bond donors (Lipinski definition) is 1. The number of aliphatic hydroxyl groups excluding tert-OH is 1. The minimum atomic E-state index is -4.66. The highest BCUT2D eigenvalue weighted by Crippen LogP contribution is 2.53. The monoisotopic (exact) mass is 474 g/mol. The Balaban J connectivity index is 1.69. The van der Waals surface area contributed by atoms with Crippen molar-refractivity contribution < 1.29 is 23.0 Å². The third-order valence-corrected chi connectivity index (χ3v) is 6.13. The number of alkyl halides is 3. The van der Waals surface area contributed by atoms with Gasteiger partial charge in [0.15, 0.2) is 5.60 Å². The molecule has 0 saturated carbocycles. The van der Waals surface area contributed by atoms with Crippen molar-refractivity contribution in [1.29, 1.82) is 0 Å². The number of hydrogen-bond acceptors (Lipinski definition) is 4. The lowest BCUT2D eigenvalue weighted by Crippen LogP contribution is -2.36. The third-order valence-electron chi connectivity index (χ3n) is 6.13. The molecule has 35 heavy (non-hydrogen) atoms. The van der Waals surface area contributed by atoms with Gasteiger partial charge in [-0.2, -0.15) is 13.2 Å². The van der Waals surface area contributed by atoms with E-state index >= 15 is 0 Å². The molecule has 0 aliphatic carbocycles. The van der Waals surface area contributed by atoms with E-state index < -0.39 is 24.0 Å². The molecule has 0 amide bonds. The van der Waals surface area contributed by atoms with Gasteiger partial charge in [0, 0.05) is 27.8 Å². The molecular weight excluding hydrogens is 453 g/mol. The maximum Gasteiger partial charge on any atom is 0.442 e. The molecule has 0 fully saturated rings. The molecule has 0 atom stereocenters. The molecule has 0 aromatic heterocycles. The summed E-state index contributed by atoms with van der Waals surface area (Å²) in [6, 6.07) is 32.7. The molecule has 1 aliphatic heterocycles. The van der Waals surface area contributed by atoms with Crippen LogP contribution in [0.1, 0.15) is 27.8 Å². The van der Waals surface area contributed by atoms with Crippen LogP contribution in [0.25, 0.3) is 0 Å². The zero-order valence-electron chi connectivity index (χ0n) is 18.5. The van der Waals surface area contributed by atoms with Crippen LogP contribution in [0.3, 0.4) is 0 Å². The minimum Gasteiger partial charge on any atom is -0.473 e. The molecule has 4 aromatic carbocycles. The van der Waals surface area contributed by atoms with Crippen molar-refractivity contribution in [1.82, 2.24) is 0 Å². The molecule has 0 saturated heterocycles. The second-order valence-electron chi connectivity index (χ2n) is 8.23. The summed E-state index contributed by atoms with van der Waals surface area (Å²) < 4.78 is 47.5. The quantitative estimate of drug-likeness (QED) is 0.302. The highest BCUT2D eigenvalue weighted by atomic mass is 19.4. The Hall–Kier alpha value is -3.97. The maximum absolute atomic E-state index is 13.6. The van der Waals surface area contributed by atoms with Gasteiger partial charge in [0.05, 0.1) is 6.61 Å². The number of halogens is 3. The maximum atomic E-state index is 13.6. The lowest BCUT2D eigenvalue weighted by molar-refractivity contribution is -0.166. The van der Waals surface area contributed by atoms with E-state index in [9.17, 15) is 18.3 Å². The Morgan fingerprint density at radius 2 is 1.14 bits per heavy atom. The highest BCUT2D eigenvalue weighted by molar-refractivity contribution is 5.51. The van der Waals surface area contributed by atoms with Crippen LogP contribution in [0.2, 0.25) is 0 Å². The normalized spacial score (nSPS) is 14.5. The van der Waals surface area contributed by atoms with Crippen molar-refractivity contribution in [2.75, 3.05) is 0 Å². The van der Waals surface area contributed by atoms with Crippen LogP contribution < -0.4 is 4.74 Å². The van der Waals surface area contributed by atoms with Crippen molar-refractivity contribution in [2.45, 2.75) is 24.0 Å². The van der Waals surface area contributed by atoms with E-state index in [1.165, 1.54) is 18.2 Å². The summed E-state index contributed by atoms with van der Waals surface area (Å²) in [5.41, 5.74) is -1.20. The third kappa shape index (κ3) is 3.88. The number of benzene rings is 4. The van der Waals surface area contributed by atoms with E-state index in [1.807, 2.05) is 91.0 Å². The molecule has 5 rings (SSSR count). The second-order valence-corrected chi connectivity index (χ2v) is 8.23. The smallest absolute Gasteiger partial charge is 0.442 e. The van der Waals surface area contributed by atoms with Crippen LogP contribution in [0.5, 0.6) is 5.75 Å². The average molecular weight is 474 g/mol. The van der Waals surface area contributed by atoms with Crippen LogP contribution in [-0.4, -0.2) is 11.3 Å². The first-order valence-electron chi connectivity index (χ1n) is 11.0. The number of nitrogens with zero attached hydrogens (tertiary/aromatic N) is 2. The van der Waals surface area contributed by atoms with Crippen LogP contribution in [-0.2, 0) is 17.9 Å². The van der Waals surface area contributed by atoms with Crippen molar-refractivity contribution >= 4 is 0 Å². The van der Waals surface area contributed by atoms with Gasteiger partial charge in [-0.15, -0.1) is 10.2 Å².